The summed E-state index contributed by atoms with van der Waals surface area (Å²) in [6.07, 6.45) is 2.20. The third kappa shape index (κ3) is 3.88. The van der Waals surface area contributed by atoms with Gasteiger partial charge in [0, 0.05) is 48.7 Å². The Hall–Kier alpha value is -2.29. The lowest BCUT2D eigenvalue weighted by Gasteiger charge is -2.40. The molecule has 3 aliphatic heterocycles. The van der Waals surface area contributed by atoms with Crippen LogP contribution >= 0.6 is 23.2 Å². The molecule has 0 N–H and O–H groups in total. The predicted octanol–water partition coefficient (Wildman–Crippen LogP) is 3.36. The van der Waals surface area contributed by atoms with Gasteiger partial charge in [-0.25, -0.2) is 9.79 Å². The van der Waals surface area contributed by atoms with Crippen LogP contribution in [0.3, 0.4) is 0 Å². The number of ether oxygens (including phenoxy) is 1. The van der Waals surface area contributed by atoms with Gasteiger partial charge in [-0.05, 0) is 38.0 Å². The number of nitrogens with zero attached hydrogens (tertiary/aromatic N) is 5. The maximum absolute atomic E-state index is 13.4. The molecule has 0 spiro atoms. The van der Waals surface area contributed by atoms with E-state index in [1.54, 1.807) is 25.2 Å². The minimum atomic E-state index is -0.601. The molecule has 1 saturated heterocycles. The van der Waals surface area contributed by atoms with Gasteiger partial charge in [0.05, 0.1) is 6.54 Å². The highest BCUT2D eigenvalue weighted by Gasteiger charge is 2.54. The van der Waals surface area contributed by atoms with Crippen LogP contribution in [-0.4, -0.2) is 76.5 Å². The molecular formula is C21H25Cl2N5O3. The van der Waals surface area contributed by atoms with Crippen molar-refractivity contribution in [1.29, 1.82) is 0 Å². The number of hydrogen-bond acceptors (Lipinski definition) is 6. The molecule has 1 aromatic carbocycles. The van der Waals surface area contributed by atoms with E-state index in [2.05, 4.69) is 4.90 Å². The summed E-state index contributed by atoms with van der Waals surface area (Å²) >= 11 is 12.3. The van der Waals surface area contributed by atoms with Gasteiger partial charge >= 0.3 is 6.03 Å². The number of amides is 3. The molecule has 0 radical (unpaired) electrons. The fourth-order valence-electron chi connectivity index (χ4n) is 4.11. The highest BCUT2D eigenvalue weighted by Crippen LogP contribution is 2.35. The number of rotatable bonds is 7. The average molecular weight is 466 g/mol. The summed E-state index contributed by atoms with van der Waals surface area (Å²) in [6.45, 7) is 6.10. The Kier molecular flexibility index (Phi) is 6.14. The van der Waals surface area contributed by atoms with Gasteiger partial charge in [-0.15, -0.1) is 0 Å². The Labute approximate surface area is 191 Å². The Morgan fingerprint density at radius 1 is 1.19 bits per heavy atom. The van der Waals surface area contributed by atoms with Gasteiger partial charge in [0.2, 0.25) is 5.96 Å². The molecule has 2 atom stereocenters. The Balaban J connectivity index is 1.55. The molecule has 1 aromatic rings. The van der Waals surface area contributed by atoms with E-state index in [1.165, 1.54) is 9.80 Å². The molecule has 8 nitrogen and oxygen atoms in total. The van der Waals surface area contributed by atoms with Gasteiger partial charge in [0.15, 0.2) is 12.2 Å². The first-order valence-electron chi connectivity index (χ1n) is 10.3. The molecule has 0 aromatic heterocycles. The molecule has 166 valence electrons. The molecule has 1 fully saturated rings. The number of allylic oxidation sites excluding steroid dienone is 1. The van der Waals surface area contributed by atoms with E-state index in [-0.39, 0.29) is 12.5 Å². The summed E-state index contributed by atoms with van der Waals surface area (Å²) < 4.78 is 5.44. The highest BCUT2D eigenvalue weighted by molar-refractivity contribution is 6.35. The smallest absolute Gasteiger partial charge is 0.328 e. The lowest BCUT2D eigenvalue weighted by Crippen LogP contribution is -2.63. The van der Waals surface area contributed by atoms with Gasteiger partial charge < -0.3 is 19.4 Å². The number of guanidine groups is 1. The molecule has 0 saturated carbocycles. The van der Waals surface area contributed by atoms with Crippen molar-refractivity contribution in [2.24, 2.45) is 4.99 Å². The largest absolute Gasteiger partial charge is 0.382 e. The lowest BCUT2D eigenvalue weighted by atomic mass is 10.1. The monoisotopic (exact) mass is 465 g/mol. The fourth-order valence-corrected chi connectivity index (χ4v) is 4.58. The number of imide groups is 1. The number of carbonyl (C=O) groups excluding carboxylic acids is 2. The van der Waals surface area contributed by atoms with E-state index in [4.69, 9.17) is 32.9 Å². The van der Waals surface area contributed by atoms with Gasteiger partial charge in [0.25, 0.3) is 5.91 Å². The number of likely N-dealkylation sites (N-methyl/N-ethyl adjacent to an activating group) is 1. The molecule has 3 aliphatic rings. The van der Waals surface area contributed by atoms with Crippen molar-refractivity contribution in [3.05, 3.63) is 45.7 Å². The van der Waals surface area contributed by atoms with Crippen LogP contribution in [0.4, 0.5) is 4.79 Å². The van der Waals surface area contributed by atoms with Crippen molar-refractivity contribution in [3.8, 4) is 0 Å². The molecule has 31 heavy (non-hydrogen) atoms. The number of aliphatic imine (C=N–C) groups is 1. The third-order valence-corrected chi connectivity index (χ3v) is 6.31. The topological polar surface area (TPSA) is 68.7 Å². The van der Waals surface area contributed by atoms with Gasteiger partial charge in [-0.1, -0.05) is 29.3 Å². The highest BCUT2D eigenvalue weighted by atomic mass is 35.5. The first-order chi connectivity index (χ1) is 14.8. The zero-order valence-corrected chi connectivity index (χ0v) is 19.2. The van der Waals surface area contributed by atoms with Gasteiger partial charge in [-0.2, -0.15) is 0 Å². The van der Waals surface area contributed by atoms with Crippen molar-refractivity contribution in [2.75, 3.05) is 26.8 Å². The second-order valence-electron chi connectivity index (χ2n) is 7.72. The SMILES string of the molecule is CCOCCCN1C(C)=CN2C1=NC1C2C(=O)N(Cc2ccc(Cl)cc2Cl)C(=O)N1C. The van der Waals surface area contributed by atoms with Crippen molar-refractivity contribution < 1.29 is 14.3 Å². The molecule has 0 aliphatic carbocycles. The van der Waals surface area contributed by atoms with Crippen LogP contribution in [0.1, 0.15) is 25.8 Å². The second kappa shape index (κ2) is 8.68. The van der Waals surface area contributed by atoms with Gasteiger partial charge in [-0.3, -0.25) is 9.69 Å². The minimum absolute atomic E-state index is 0.0746. The van der Waals surface area contributed by atoms with E-state index >= 15 is 0 Å². The maximum Gasteiger partial charge on any atom is 0.328 e. The van der Waals surface area contributed by atoms with Crippen LogP contribution in [0.25, 0.3) is 0 Å². The van der Waals surface area contributed by atoms with Crippen molar-refractivity contribution in [2.45, 2.75) is 39.0 Å². The van der Waals surface area contributed by atoms with Crippen LogP contribution in [0.5, 0.6) is 0 Å². The van der Waals surface area contributed by atoms with Crippen molar-refractivity contribution in [3.63, 3.8) is 0 Å². The summed E-state index contributed by atoms with van der Waals surface area (Å²) in [5, 5.41) is 0.914. The summed E-state index contributed by atoms with van der Waals surface area (Å²) in [7, 11) is 1.67. The van der Waals surface area contributed by atoms with Crippen LogP contribution in [0.2, 0.25) is 10.0 Å². The van der Waals surface area contributed by atoms with E-state index in [0.717, 1.165) is 18.7 Å². The lowest BCUT2D eigenvalue weighted by molar-refractivity contribution is -0.137. The predicted molar refractivity (Wildman–Crippen MR) is 119 cm³/mol. The number of carbonyl (C=O) groups is 2. The molecule has 3 heterocycles. The minimum Gasteiger partial charge on any atom is -0.382 e. The van der Waals surface area contributed by atoms with Crippen molar-refractivity contribution >= 4 is 41.1 Å². The Morgan fingerprint density at radius 2 is 1.97 bits per heavy atom. The number of hydrogen-bond donors (Lipinski definition) is 0. The zero-order chi connectivity index (χ0) is 22.3. The van der Waals surface area contributed by atoms with Crippen LogP contribution < -0.4 is 0 Å². The number of urea groups is 1. The molecular weight excluding hydrogens is 441 g/mol. The molecule has 10 heteroatoms. The van der Waals surface area contributed by atoms with E-state index < -0.39 is 18.2 Å². The third-order valence-electron chi connectivity index (χ3n) is 5.72. The number of benzene rings is 1. The standard InChI is InChI=1S/C21H25Cl2N5O3/c1-4-31-9-5-8-26-13(2)11-27-17-18(24-20(26)27)25(3)21(30)28(19(17)29)12-14-6-7-15(22)10-16(14)23/h6-7,10-11,17-18H,4-5,8-9,12H2,1-3H3. The van der Waals surface area contributed by atoms with E-state index in [9.17, 15) is 9.59 Å². The molecule has 4 rings (SSSR count). The van der Waals surface area contributed by atoms with E-state index in [1.807, 2.05) is 24.9 Å². The fraction of sp³-hybridized carbons (Fsp3) is 0.476. The number of halogens is 2. The second-order valence-corrected chi connectivity index (χ2v) is 8.56. The van der Waals surface area contributed by atoms with Crippen LogP contribution in [-0.2, 0) is 16.1 Å². The summed E-state index contributed by atoms with van der Waals surface area (Å²) in [5.74, 6) is 0.404. The summed E-state index contributed by atoms with van der Waals surface area (Å²) in [6, 6.07) is 4.03. The van der Waals surface area contributed by atoms with Crippen molar-refractivity contribution in [1.82, 2.24) is 19.6 Å². The average Bonchev–Trinajstić information content (AvgIpc) is 3.23. The summed E-state index contributed by atoms with van der Waals surface area (Å²) in [5.41, 5.74) is 1.66. The first-order valence-corrected chi connectivity index (χ1v) is 11.0. The molecule has 2 unspecified atom stereocenters. The zero-order valence-electron chi connectivity index (χ0n) is 17.7. The quantitative estimate of drug-likeness (QED) is 0.577. The van der Waals surface area contributed by atoms with E-state index in [0.29, 0.717) is 34.8 Å². The van der Waals surface area contributed by atoms with Gasteiger partial charge in [0.1, 0.15) is 0 Å². The summed E-state index contributed by atoms with van der Waals surface area (Å²) in [4.78, 5) is 37.9. The normalized spacial score (nSPS) is 22.7. The van der Waals surface area contributed by atoms with Crippen LogP contribution in [0, 0.1) is 0 Å². The Morgan fingerprint density at radius 3 is 2.68 bits per heavy atom. The first kappa shape index (κ1) is 21.9. The molecule has 0 bridgehead atoms. The molecule has 3 amide bonds. The Bertz CT molecular complexity index is 966. The van der Waals surface area contributed by atoms with Crippen LogP contribution in [0.15, 0.2) is 35.1 Å². The number of fused-ring (bicyclic) bond motifs is 3. The maximum atomic E-state index is 13.4.